The topological polar surface area (TPSA) is 65.0 Å². The van der Waals surface area contributed by atoms with Crippen molar-refractivity contribution in [3.63, 3.8) is 0 Å². The maximum Gasteiger partial charge on any atom is 0.201 e. The first-order valence-corrected chi connectivity index (χ1v) is 4.96. The number of fused-ring (bicyclic) bond motifs is 1. The fraction of sp³-hybridized carbons (Fsp3) is 0.900. The minimum absolute atomic E-state index is 0.569. The van der Waals surface area contributed by atoms with E-state index in [0.29, 0.717) is 6.29 Å². The zero-order chi connectivity index (χ0) is 11.5. The molecule has 0 aromatic rings. The molecule has 0 aliphatic carbocycles. The van der Waals surface area contributed by atoms with Gasteiger partial charge in [0, 0.05) is 0 Å². The van der Waals surface area contributed by atoms with Crippen LogP contribution in [0.4, 0.5) is 0 Å². The molecule has 2 fully saturated rings. The van der Waals surface area contributed by atoms with Gasteiger partial charge >= 0.3 is 0 Å². The Labute approximate surface area is 88.3 Å². The van der Waals surface area contributed by atoms with Crippen molar-refractivity contribution in [1.29, 1.82) is 0 Å². The Morgan fingerprint density at radius 2 is 1.80 bits per heavy atom. The van der Waals surface area contributed by atoms with Gasteiger partial charge < -0.3 is 24.1 Å². The number of aliphatic hydroxyl groups is 1. The first kappa shape index (κ1) is 11.0. The summed E-state index contributed by atoms with van der Waals surface area (Å²) < 4.78 is 16.7. The monoisotopic (exact) mass is 216 g/mol. The second-order valence-electron chi connectivity index (χ2n) is 4.82. The summed E-state index contributed by atoms with van der Waals surface area (Å²) >= 11 is 0. The van der Waals surface area contributed by atoms with Crippen molar-refractivity contribution in [2.45, 2.75) is 57.1 Å². The molecule has 2 aliphatic heterocycles. The van der Waals surface area contributed by atoms with Gasteiger partial charge in [0.05, 0.1) is 0 Å². The van der Waals surface area contributed by atoms with Crippen molar-refractivity contribution in [3.05, 3.63) is 0 Å². The van der Waals surface area contributed by atoms with E-state index in [1.165, 1.54) is 0 Å². The Bertz CT molecular complexity index is 302. The van der Waals surface area contributed by atoms with Gasteiger partial charge in [-0.1, -0.05) is 0 Å². The SMILES string of the molecule is CC1(C)O[C@@]2(C)O[C@H](C=O)[C@H](O)[C@@]2(C)O1. The maximum absolute atomic E-state index is 10.7. The molecule has 2 aliphatic rings. The lowest BCUT2D eigenvalue weighted by Crippen LogP contribution is -2.50. The van der Waals surface area contributed by atoms with E-state index in [0.717, 1.165) is 0 Å². The van der Waals surface area contributed by atoms with E-state index in [4.69, 9.17) is 14.2 Å². The van der Waals surface area contributed by atoms with Crippen molar-refractivity contribution in [2.75, 3.05) is 0 Å². The number of hydrogen-bond acceptors (Lipinski definition) is 5. The summed E-state index contributed by atoms with van der Waals surface area (Å²) in [7, 11) is 0. The number of rotatable bonds is 1. The van der Waals surface area contributed by atoms with Gasteiger partial charge in [0.2, 0.25) is 5.79 Å². The van der Waals surface area contributed by atoms with E-state index in [2.05, 4.69) is 0 Å². The molecular formula is C10H16O5. The van der Waals surface area contributed by atoms with Crippen LogP contribution in [0.25, 0.3) is 0 Å². The van der Waals surface area contributed by atoms with E-state index >= 15 is 0 Å². The van der Waals surface area contributed by atoms with Crippen molar-refractivity contribution in [1.82, 2.24) is 0 Å². The highest BCUT2D eigenvalue weighted by Gasteiger charge is 2.70. The van der Waals surface area contributed by atoms with Crippen LogP contribution >= 0.6 is 0 Å². The first-order chi connectivity index (χ1) is 6.74. The predicted octanol–water partition coefficient (Wildman–Crippen LogP) is 0.203. The number of ether oxygens (including phenoxy) is 3. The molecule has 0 unspecified atom stereocenters. The van der Waals surface area contributed by atoms with Crippen LogP contribution in [0.1, 0.15) is 27.7 Å². The molecule has 0 radical (unpaired) electrons. The molecule has 0 aromatic carbocycles. The lowest BCUT2D eigenvalue weighted by atomic mass is 9.91. The predicted molar refractivity (Wildman–Crippen MR) is 50.0 cm³/mol. The van der Waals surface area contributed by atoms with E-state index in [-0.39, 0.29) is 0 Å². The third kappa shape index (κ3) is 1.27. The van der Waals surface area contributed by atoms with Gasteiger partial charge in [0.15, 0.2) is 17.7 Å². The Morgan fingerprint density at radius 1 is 1.20 bits per heavy atom. The number of carbonyl (C=O) groups is 1. The Morgan fingerprint density at radius 3 is 2.27 bits per heavy atom. The summed E-state index contributed by atoms with van der Waals surface area (Å²) in [5.41, 5.74) is -1.01. The molecule has 0 saturated carbocycles. The van der Waals surface area contributed by atoms with Gasteiger partial charge in [-0.3, -0.25) is 0 Å². The summed E-state index contributed by atoms with van der Waals surface area (Å²) in [6.07, 6.45) is -1.34. The van der Waals surface area contributed by atoms with Gasteiger partial charge in [-0.05, 0) is 27.7 Å². The molecular weight excluding hydrogens is 200 g/mol. The summed E-state index contributed by atoms with van der Waals surface area (Å²) in [4.78, 5) is 10.7. The largest absolute Gasteiger partial charge is 0.387 e. The van der Waals surface area contributed by atoms with Gasteiger partial charge in [-0.2, -0.15) is 0 Å². The molecule has 86 valence electrons. The molecule has 0 aromatic heterocycles. The molecule has 4 atom stereocenters. The molecule has 1 N–H and O–H groups in total. The van der Waals surface area contributed by atoms with Crippen molar-refractivity contribution in [2.24, 2.45) is 0 Å². The van der Waals surface area contributed by atoms with Crippen LogP contribution in [0.3, 0.4) is 0 Å². The molecule has 5 nitrogen and oxygen atoms in total. The number of carbonyl (C=O) groups excluding carboxylic acids is 1. The zero-order valence-electron chi connectivity index (χ0n) is 9.31. The molecule has 15 heavy (non-hydrogen) atoms. The summed E-state index contributed by atoms with van der Waals surface area (Å²) in [6, 6.07) is 0. The molecule has 2 heterocycles. The Balaban J connectivity index is 2.37. The van der Waals surface area contributed by atoms with E-state index in [1.54, 1.807) is 27.7 Å². The van der Waals surface area contributed by atoms with Crippen molar-refractivity contribution < 1.29 is 24.1 Å². The van der Waals surface area contributed by atoms with Gasteiger partial charge in [-0.25, -0.2) is 0 Å². The quantitative estimate of drug-likeness (QED) is 0.634. The first-order valence-electron chi connectivity index (χ1n) is 4.96. The average Bonchev–Trinajstić information content (AvgIpc) is 2.37. The summed E-state index contributed by atoms with van der Waals surface area (Å²) in [5, 5.41) is 9.95. The van der Waals surface area contributed by atoms with Crippen LogP contribution in [0.5, 0.6) is 0 Å². The Kier molecular flexibility index (Phi) is 2.05. The summed E-state index contributed by atoms with van der Waals surface area (Å²) in [6.45, 7) is 6.85. The number of hydrogen-bond donors (Lipinski definition) is 1. The maximum atomic E-state index is 10.7. The molecule has 2 saturated heterocycles. The molecule has 0 spiro atoms. The van der Waals surface area contributed by atoms with E-state index in [1.807, 2.05) is 0 Å². The van der Waals surface area contributed by atoms with Crippen LogP contribution in [0.15, 0.2) is 0 Å². The van der Waals surface area contributed by atoms with Gasteiger partial charge in [0.25, 0.3) is 0 Å². The van der Waals surface area contributed by atoms with E-state index in [9.17, 15) is 9.90 Å². The minimum atomic E-state index is -1.08. The highest BCUT2D eigenvalue weighted by atomic mass is 16.9. The highest BCUT2D eigenvalue weighted by molar-refractivity contribution is 5.59. The number of aldehydes is 1. The molecule has 5 heteroatoms. The van der Waals surface area contributed by atoms with Crippen LogP contribution in [-0.4, -0.2) is 40.8 Å². The Hall–Kier alpha value is -0.490. The average molecular weight is 216 g/mol. The second kappa shape index (κ2) is 2.79. The second-order valence-corrected chi connectivity index (χ2v) is 4.82. The van der Waals surface area contributed by atoms with Crippen molar-refractivity contribution >= 4 is 6.29 Å². The lowest BCUT2D eigenvalue weighted by molar-refractivity contribution is -0.251. The van der Waals surface area contributed by atoms with Crippen LogP contribution in [-0.2, 0) is 19.0 Å². The normalized spacial score (nSPS) is 52.9. The third-order valence-electron chi connectivity index (χ3n) is 3.17. The van der Waals surface area contributed by atoms with Crippen LogP contribution in [0.2, 0.25) is 0 Å². The lowest BCUT2D eigenvalue weighted by Gasteiger charge is -2.29. The van der Waals surface area contributed by atoms with Crippen LogP contribution in [0, 0.1) is 0 Å². The smallest absolute Gasteiger partial charge is 0.201 e. The molecule has 0 bridgehead atoms. The van der Waals surface area contributed by atoms with E-state index < -0.39 is 29.4 Å². The molecule has 2 rings (SSSR count). The number of aliphatic hydroxyl groups excluding tert-OH is 1. The summed E-state index contributed by atoms with van der Waals surface area (Å²) in [5.74, 6) is -1.90. The minimum Gasteiger partial charge on any atom is -0.387 e. The highest BCUT2D eigenvalue weighted by Crippen LogP contribution is 2.52. The zero-order valence-corrected chi connectivity index (χ0v) is 9.31. The van der Waals surface area contributed by atoms with Crippen LogP contribution < -0.4 is 0 Å². The third-order valence-corrected chi connectivity index (χ3v) is 3.17. The van der Waals surface area contributed by atoms with Gasteiger partial charge in [0.1, 0.15) is 12.2 Å². The standard InChI is InChI=1S/C10H16O5/c1-8(2)14-9(3)7(12)6(5-11)13-10(9,4)15-8/h5-7,12H,1-4H3/t6-,7+,9-,10-/m1/s1. The van der Waals surface area contributed by atoms with Crippen molar-refractivity contribution in [3.8, 4) is 0 Å². The fourth-order valence-corrected chi connectivity index (χ4v) is 2.40. The van der Waals surface area contributed by atoms with Gasteiger partial charge in [-0.15, -0.1) is 0 Å². The molecule has 0 amide bonds. The fourth-order valence-electron chi connectivity index (χ4n) is 2.40.